The fourth-order valence-corrected chi connectivity index (χ4v) is 4.10. The van der Waals surface area contributed by atoms with Crippen molar-refractivity contribution in [3.8, 4) is 0 Å². The van der Waals surface area contributed by atoms with E-state index in [4.69, 9.17) is 21.3 Å². The number of carbonyl (C=O) groups is 1. The number of ether oxygens (including phenoxy) is 1. The van der Waals surface area contributed by atoms with E-state index in [2.05, 4.69) is 10.3 Å². The molecule has 4 rings (SSSR count). The van der Waals surface area contributed by atoms with Crippen LogP contribution in [0, 0.1) is 6.92 Å². The molecule has 0 spiro atoms. The summed E-state index contributed by atoms with van der Waals surface area (Å²) in [7, 11) is 3.34. The Hall–Kier alpha value is -2.97. The number of aryl methyl sites for hydroxylation is 1. The molecule has 0 radical (unpaired) electrons. The lowest BCUT2D eigenvalue weighted by molar-refractivity contribution is 0.0677. The maximum atomic E-state index is 13.2. The van der Waals surface area contributed by atoms with Crippen molar-refractivity contribution in [1.82, 2.24) is 14.5 Å². The number of benzene rings is 1. The zero-order valence-electron chi connectivity index (χ0n) is 17.7. The normalized spacial score (nSPS) is 15.6. The predicted octanol–water partition coefficient (Wildman–Crippen LogP) is 3.80. The minimum absolute atomic E-state index is 0.0979. The average molecular weight is 443 g/mol. The minimum Gasteiger partial charge on any atom is -0.476 e. The number of methoxy groups -OCH3 is 1. The standard InChI is InChI=1S/C22H23ClN4O4/c1-11-9-13(12(2)24-15-5-6-16(23)25-18(15)20(29)30)17-14(10-11)19(28)27(3)21(26-17)22(31-4)7-8-22/h5-6,9-10,12,24H,7-8H2,1-4H3,(H,29,30). The molecule has 0 bridgehead atoms. The van der Waals surface area contributed by atoms with E-state index in [1.165, 1.54) is 6.07 Å². The number of nitrogens with one attached hydrogen (secondary N) is 1. The van der Waals surface area contributed by atoms with Crippen LogP contribution in [-0.2, 0) is 17.4 Å². The van der Waals surface area contributed by atoms with Crippen molar-refractivity contribution in [1.29, 1.82) is 0 Å². The Bertz CT molecular complexity index is 1270. The lowest BCUT2D eigenvalue weighted by Gasteiger charge is -2.22. The summed E-state index contributed by atoms with van der Waals surface area (Å²) in [6.45, 7) is 3.80. The topological polar surface area (TPSA) is 106 Å². The van der Waals surface area contributed by atoms with Crippen LogP contribution in [0.25, 0.3) is 10.9 Å². The van der Waals surface area contributed by atoms with E-state index in [1.54, 1.807) is 24.8 Å². The van der Waals surface area contributed by atoms with Gasteiger partial charge in [0.2, 0.25) is 0 Å². The molecule has 2 aromatic heterocycles. The Morgan fingerprint density at radius 2 is 2.03 bits per heavy atom. The number of aromatic nitrogens is 3. The summed E-state index contributed by atoms with van der Waals surface area (Å²) in [5.41, 5.74) is 1.76. The number of nitrogens with zero attached hydrogens (tertiary/aromatic N) is 3. The number of pyridine rings is 1. The van der Waals surface area contributed by atoms with Crippen LogP contribution in [0.3, 0.4) is 0 Å². The SMILES string of the molecule is COC1(c2nc3c(C(C)Nc4ccc(Cl)nc4C(=O)O)cc(C)cc3c(=O)n2C)CC1. The number of aromatic carboxylic acids is 1. The number of halogens is 1. The molecule has 8 nitrogen and oxygen atoms in total. The number of carboxylic acids is 1. The Morgan fingerprint density at radius 1 is 1.32 bits per heavy atom. The molecule has 1 aliphatic carbocycles. The van der Waals surface area contributed by atoms with Crippen LogP contribution in [0.1, 0.15) is 53.2 Å². The van der Waals surface area contributed by atoms with Crippen LogP contribution >= 0.6 is 11.6 Å². The van der Waals surface area contributed by atoms with Gasteiger partial charge in [0, 0.05) is 19.7 Å². The Morgan fingerprint density at radius 3 is 2.65 bits per heavy atom. The predicted molar refractivity (Wildman–Crippen MR) is 118 cm³/mol. The smallest absolute Gasteiger partial charge is 0.356 e. The van der Waals surface area contributed by atoms with Gasteiger partial charge in [0.05, 0.1) is 22.6 Å². The number of anilines is 1. The van der Waals surface area contributed by atoms with Crippen molar-refractivity contribution < 1.29 is 14.6 Å². The van der Waals surface area contributed by atoms with E-state index in [-0.39, 0.29) is 22.4 Å². The molecule has 1 fully saturated rings. The summed E-state index contributed by atoms with van der Waals surface area (Å²) in [5.74, 6) is -0.583. The second-order valence-corrected chi connectivity index (χ2v) is 8.34. The molecule has 1 unspecified atom stereocenters. The lowest BCUT2D eigenvalue weighted by Crippen LogP contribution is -2.29. The molecule has 1 aliphatic rings. The Labute approximate surface area is 183 Å². The van der Waals surface area contributed by atoms with Crippen LogP contribution in [0.2, 0.25) is 5.15 Å². The van der Waals surface area contributed by atoms with Gasteiger partial charge < -0.3 is 15.2 Å². The van der Waals surface area contributed by atoms with Gasteiger partial charge in [-0.3, -0.25) is 9.36 Å². The van der Waals surface area contributed by atoms with E-state index in [0.29, 0.717) is 22.4 Å². The first-order valence-electron chi connectivity index (χ1n) is 9.90. The summed E-state index contributed by atoms with van der Waals surface area (Å²) in [4.78, 5) is 33.5. The minimum atomic E-state index is -1.18. The van der Waals surface area contributed by atoms with Crippen LogP contribution in [-0.4, -0.2) is 32.7 Å². The zero-order chi connectivity index (χ0) is 22.5. The van der Waals surface area contributed by atoms with Crippen molar-refractivity contribution in [2.75, 3.05) is 12.4 Å². The molecule has 1 atom stereocenters. The van der Waals surface area contributed by atoms with Crippen molar-refractivity contribution in [3.63, 3.8) is 0 Å². The van der Waals surface area contributed by atoms with Crippen molar-refractivity contribution in [3.05, 3.63) is 62.4 Å². The molecular formula is C22H23ClN4O4. The summed E-state index contributed by atoms with van der Waals surface area (Å²) in [6.07, 6.45) is 1.62. The van der Waals surface area contributed by atoms with E-state index >= 15 is 0 Å². The third-order valence-corrected chi connectivity index (χ3v) is 5.97. The van der Waals surface area contributed by atoms with Gasteiger partial charge in [-0.1, -0.05) is 17.7 Å². The van der Waals surface area contributed by atoms with E-state index in [9.17, 15) is 14.7 Å². The highest BCUT2D eigenvalue weighted by atomic mass is 35.5. The number of rotatable bonds is 6. The van der Waals surface area contributed by atoms with Crippen LogP contribution in [0.5, 0.6) is 0 Å². The Kier molecular flexibility index (Phi) is 5.23. The molecule has 1 aromatic carbocycles. The molecule has 3 aromatic rings. The largest absolute Gasteiger partial charge is 0.476 e. The van der Waals surface area contributed by atoms with Crippen molar-refractivity contribution >= 4 is 34.2 Å². The molecule has 0 amide bonds. The molecule has 0 aliphatic heterocycles. The molecular weight excluding hydrogens is 420 g/mol. The zero-order valence-corrected chi connectivity index (χ0v) is 18.4. The summed E-state index contributed by atoms with van der Waals surface area (Å²) in [5, 5.41) is 13.3. The molecule has 0 saturated heterocycles. The first-order valence-corrected chi connectivity index (χ1v) is 10.3. The highest BCUT2D eigenvalue weighted by molar-refractivity contribution is 6.29. The molecule has 162 valence electrons. The van der Waals surface area contributed by atoms with Crippen LogP contribution in [0.15, 0.2) is 29.1 Å². The van der Waals surface area contributed by atoms with Crippen molar-refractivity contribution in [2.45, 2.75) is 38.3 Å². The number of fused-ring (bicyclic) bond motifs is 1. The summed E-state index contributed by atoms with van der Waals surface area (Å²) in [6, 6.07) is 6.53. The van der Waals surface area contributed by atoms with E-state index in [1.807, 2.05) is 26.0 Å². The second kappa shape index (κ2) is 7.62. The summed E-state index contributed by atoms with van der Waals surface area (Å²) >= 11 is 5.86. The van der Waals surface area contributed by atoms with Gasteiger partial charge >= 0.3 is 5.97 Å². The summed E-state index contributed by atoms with van der Waals surface area (Å²) < 4.78 is 7.23. The molecule has 31 heavy (non-hydrogen) atoms. The monoisotopic (exact) mass is 442 g/mol. The maximum Gasteiger partial charge on any atom is 0.356 e. The number of carboxylic acid groups (broad SMARTS) is 1. The highest BCUT2D eigenvalue weighted by Crippen LogP contribution is 2.47. The van der Waals surface area contributed by atoms with Gasteiger partial charge in [-0.25, -0.2) is 14.8 Å². The number of hydrogen-bond donors (Lipinski definition) is 2. The molecule has 9 heteroatoms. The van der Waals surface area contributed by atoms with Gasteiger partial charge in [-0.05, 0) is 50.5 Å². The molecule has 1 saturated carbocycles. The Balaban J connectivity index is 1.86. The van der Waals surface area contributed by atoms with Crippen LogP contribution in [0.4, 0.5) is 5.69 Å². The first-order chi connectivity index (χ1) is 14.7. The van der Waals surface area contributed by atoms with E-state index < -0.39 is 11.6 Å². The molecule has 2 heterocycles. The third kappa shape index (κ3) is 3.66. The van der Waals surface area contributed by atoms with Crippen molar-refractivity contribution in [2.24, 2.45) is 7.05 Å². The van der Waals surface area contributed by atoms with E-state index in [0.717, 1.165) is 24.0 Å². The van der Waals surface area contributed by atoms with Gasteiger partial charge in [0.15, 0.2) is 5.69 Å². The van der Waals surface area contributed by atoms with Crippen LogP contribution < -0.4 is 10.9 Å². The fraction of sp³-hybridized carbons (Fsp3) is 0.364. The quantitative estimate of drug-likeness (QED) is 0.559. The van der Waals surface area contributed by atoms with Gasteiger partial charge in [0.25, 0.3) is 5.56 Å². The fourth-order valence-electron chi connectivity index (χ4n) is 3.95. The second-order valence-electron chi connectivity index (χ2n) is 7.95. The lowest BCUT2D eigenvalue weighted by atomic mass is 10.0. The number of hydrogen-bond acceptors (Lipinski definition) is 6. The average Bonchev–Trinajstić information content (AvgIpc) is 3.52. The van der Waals surface area contributed by atoms with Gasteiger partial charge in [-0.15, -0.1) is 0 Å². The van der Waals surface area contributed by atoms with Gasteiger partial charge in [0.1, 0.15) is 16.6 Å². The first kappa shape index (κ1) is 21.3. The third-order valence-electron chi connectivity index (χ3n) is 5.76. The van der Waals surface area contributed by atoms with Gasteiger partial charge in [-0.2, -0.15) is 0 Å². The highest BCUT2D eigenvalue weighted by Gasteiger charge is 2.48. The molecule has 2 N–H and O–H groups in total. The maximum absolute atomic E-state index is 13.2.